The summed E-state index contributed by atoms with van der Waals surface area (Å²) in [6.07, 6.45) is 16.8. The molecular formula is C30H40N2O4. The molecule has 0 saturated carbocycles. The Morgan fingerprint density at radius 1 is 0.583 bits per heavy atom. The third-order valence-corrected chi connectivity index (χ3v) is 7.16. The van der Waals surface area contributed by atoms with Gasteiger partial charge in [0.25, 0.3) is 11.8 Å². The summed E-state index contributed by atoms with van der Waals surface area (Å²) >= 11 is 0. The molecule has 0 fully saturated rings. The Morgan fingerprint density at radius 3 is 1.33 bits per heavy atom. The summed E-state index contributed by atoms with van der Waals surface area (Å²) in [6.45, 7) is 5.56. The average Bonchev–Trinajstić information content (AvgIpc) is 3.67. The molecule has 0 aliphatic carbocycles. The number of carbonyl (C=O) groups excluding carboxylic acids is 2. The molecule has 0 saturated heterocycles. The van der Waals surface area contributed by atoms with Gasteiger partial charge in [0.15, 0.2) is 11.5 Å². The van der Waals surface area contributed by atoms with Gasteiger partial charge in [0, 0.05) is 13.1 Å². The standard InChI is InChI=1S/C30H40N2O4/c1-3-5-7-9-11-13-19-31-27(23-17-15-21-35-23)25-26(29(31)33)28(24-18-16-22-36-24)32(30(25)34)20-14-12-10-8-6-4-2/h15-18,21-22H,3-14,19-20H2,1-2H3. The van der Waals surface area contributed by atoms with Crippen molar-refractivity contribution in [3.63, 3.8) is 0 Å². The fourth-order valence-corrected chi connectivity index (χ4v) is 5.26. The van der Waals surface area contributed by atoms with Crippen LogP contribution in [0.15, 0.2) is 56.8 Å². The first kappa shape index (κ1) is 26.1. The van der Waals surface area contributed by atoms with Gasteiger partial charge in [0.05, 0.1) is 23.7 Å². The van der Waals surface area contributed by atoms with Gasteiger partial charge >= 0.3 is 0 Å². The average molecular weight is 493 g/mol. The maximum absolute atomic E-state index is 13.9. The molecule has 2 aliphatic heterocycles. The summed E-state index contributed by atoms with van der Waals surface area (Å²) in [5.74, 6) is 0.867. The third-order valence-electron chi connectivity index (χ3n) is 7.16. The minimum absolute atomic E-state index is 0.129. The predicted octanol–water partition coefficient (Wildman–Crippen LogP) is 7.40. The van der Waals surface area contributed by atoms with Gasteiger partial charge in [-0.15, -0.1) is 0 Å². The van der Waals surface area contributed by atoms with Crippen molar-refractivity contribution in [3.05, 3.63) is 59.5 Å². The minimum atomic E-state index is -0.129. The van der Waals surface area contributed by atoms with Gasteiger partial charge < -0.3 is 18.6 Å². The molecule has 2 amide bonds. The first-order valence-corrected chi connectivity index (χ1v) is 13.9. The lowest BCUT2D eigenvalue weighted by molar-refractivity contribution is -0.124. The lowest BCUT2D eigenvalue weighted by Crippen LogP contribution is -2.31. The molecule has 0 unspecified atom stereocenters. The van der Waals surface area contributed by atoms with Crippen LogP contribution in [0.3, 0.4) is 0 Å². The predicted molar refractivity (Wildman–Crippen MR) is 141 cm³/mol. The van der Waals surface area contributed by atoms with Crippen LogP contribution >= 0.6 is 0 Å². The first-order chi connectivity index (χ1) is 17.7. The lowest BCUT2D eigenvalue weighted by atomic mass is 10.1. The highest BCUT2D eigenvalue weighted by Crippen LogP contribution is 2.46. The molecule has 0 atom stereocenters. The SMILES string of the molecule is CCCCCCCCN1C(=O)C2=C(c3ccco3)N(CCCCCCCC)C(=O)C2=C1c1ccco1. The Morgan fingerprint density at radius 2 is 0.972 bits per heavy atom. The number of rotatable bonds is 16. The summed E-state index contributed by atoms with van der Waals surface area (Å²) in [6, 6.07) is 7.28. The second-order valence-corrected chi connectivity index (χ2v) is 9.85. The molecule has 6 heteroatoms. The quantitative estimate of drug-likeness (QED) is 0.229. The molecule has 0 N–H and O–H groups in total. The highest BCUT2D eigenvalue weighted by Gasteiger charge is 2.49. The second kappa shape index (κ2) is 12.8. The van der Waals surface area contributed by atoms with Crippen LogP contribution < -0.4 is 0 Å². The smallest absolute Gasteiger partial charge is 0.261 e. The normalized spacial score (nSPS) is 15.7. The number of nitrogens with zero attached hydrogens (tertiary/aromatic N) is 2. The van der Waals surface area contributed by atoms with Crippen LogP contribution in [-0.4, -0.2) is 34.7 Å². The van der Waals surface area contributed by atoms with E-state index in [0.29, 0.717) is 47.2 Å². The Kier molecular flexibility index (Phi) is 9.26. The molecular weight excluding hydrogens is 452 g/mol. The number of carbonyl (C=O) groups is 2. The molecule has 0 bridgehead atoms. The van der Waals surface area contributed by atoms with Gasteiger partial charge in [0.2, 0.25) is 0 Å². The molecule has 0 aromatic carbocycles. The summed E-state index contributed by atoms with van der Waals surface area (Å²) in [4.78, 5) is 31.2. The van der Waals surface area contributed by atoms with E-state index in [1.165, 1.54) is 38.5 Å². The number of furan rings is 2. The van der Waals surface area contributed by atoms with E-state index in [0.717, 1.165) is 38.5 Å². The topological polar surface area (TPSA) is 66.9 Å². The molecule has 2 aromatic heterocycles. The number of amides is 2. The van der Waals surface area contributed by atoms with Gasteiger partial charge in [-0.2, -0.15) is 0 Å². The zero-order chi connectivity index (χ0) is 25.3. The van der Waals surface area contributed by atoms with Gasteiger partial charge in [-0.25, -0.2) is 0 Å². The Balaban J connectivity index is 1.61. The van der Waals surface area contributed by atoms with Gasteiger partial charge in [-0.05, 0) is 37.1 Å². The maximum Gasteiger partial charge on any atom is 0.261 e. The van der Waals surface area contributed by atoms with Crippen molar-refractivity contribution in [2.24, 2.45) is 0 Å². The van der Waals surface area contributed by atoms with Crippen molar-refractivity contribution in [1.29, 1.82) is 0 Å². The van der Waals surface area contributed by atoms with Crippen LogP contribution in [0.1, 0.15) is 102 Å². The summed E-state index contributed by atoms with van der Waals surface area (Å²) in [5, 5.41) is 0. The largest absolute Gasteiger partial charge is 0.463 e. The zero-order valence-electron chi connectivity index (χ0n) is 21.9. The lowest BCUT2D eigenvalue weighted by Gasteiger charge is -2.23. The number of fused-ring (bicyclic) bond motifs is 1. The van der Waals surface area contributed by atoms with Crippen molar-refractivity contribution in [2.45, 2.75) is 90.9 Å². The Bertz CT molecular complexity index is 976. The van der Waals surface area contributed by atoms with E-state index < -0.39 is 0 Å². The highest BCUT2D eigenvalue weighted by molar-refractivity contribution is 6.29. The molecule has 194 valence electrons. The third kappa shape index (κ3) is 5.53. The second-order valence-electron chi connectivity index (χ2n) is 9.85. The van der Waals surface area contributed by atoms with Gasteiger partial charge in [-0.3, -0.25) is 9.59 Å². The van der Waals surface area contributed by atoms with E-state index in [-0.39, 0.29) is 11.8 Å². The van der Waals surface area contributed by atoms with Gasteiger partial charge in [-0.1, -0.05) is 78.1 Å². The summed E-state index contributed by atoms with van der Waals surface area (Å²) in [7, 11) is 0. The number of hydrogen-bond donors (Lipinski definition) is 0. The van der Waals surface area contributed by atoms with Crippen LogP contribution in [-0.2, 0) is 9.59 Å². The van der Waals surface area contributed by atoms with E-state index in [1.807, 2.05) is 12.1 Å². The van der Waals surface area contributed by atoms with Crippen LogP contribution in [0.5, 0.6) is 0 Å². The van der Waals surface area contributed by atoms with Crippen molar-refractivity contribution in [1.82, 2.24) is 9.80 Å². The minimum Gasteiger partial charge on any atom is -0.463 e. The fourth-order valence-electron chi connectivity index (χ4n) is 5.26. The molecule has 0 radical (unpaired) electrons. The monoisotopic (exact) mass is 492 g/mol. The van der Waals surface area contributed by atoms with Crippen molar-refractivity contribution in [2.75, 3.05) is 13.1 Å². The highest BCUT2D eigenvalue weighted by atomic mass is 16.3. The van der Waals surface area contributed by atoms with E-state index in [1.54, 1.807) is 34.5 Å². The Labute approximate surface area is 215 Å². The zero-order valence-corrected chi connectivity index (χ0v) is 21.9. The molecule has 6 nitrogen and oxygen atoms in total. The fraction of sp³-hybridized carbons (Fsp3) is 0.533. The molecule has 4 rings (SSSR count). The maximum atomic E-state index is 13.9. The molecule has 4 heterocycles. The Hall–Kier alpha value is -3.02. The van der Waals surface area contributed by atoms with Crippen LogP contribution in [0, 0.1) is 0 Å². The summed E-state index contributed by atoms with van der Waals surface area (Å²) in [5.41, 5.74) is 2.12. The number of unbranched alkanes of at least 4 members (excludes halogenated alkanes) is 10. The molecule has 36 heavy (non-hydrogen) atoms. The van der Waals surface area contributed by atoms with E-state index >= 15 is 0 Å². The summed E-state index contributed by atoms with van der Waals surface area (Å²) < 4.78 is 11.5. The van der Waals surface area contributed by atoms with E-state index in [2.05, 4.69) is 13.8 Å². The van der Waals surface area contributed by atoms with E-state index in [4.69, 9.17) is 8.83 Å². The van der Waals surface area contributed by atoms with Crippen LogP contribution in [0.4, 0.5) is 0 Å². The van der Waals surface area contributed by atoms with Crippen molar-refractivity contribution < 1.29 is 18.4 Å². The first-order valence-electron chi connectivity index (χ1n) is 13.9. The van der Waals surface area contributed by atoms with Crippen LogP contribution in [0.2, 0.25) is 0 Å². The van der Waals surface area contributed by atoms with Crippen LogP contribution in [0.25, 0.3) is 11.4 Å². The molecule has 2 aromatic rings. The van der Waals surface area contributed by atoms with Gasteiger partial charge in [0.1, 0.15) is 11.4 Å². The molecule has 0 spiro atoms. The number of hydrogen-bond acceptors (Lipinski definition) is 4. The van der Waals surface area contributed by atoms with Crippen molar-refractivity contribution in [3.8, 4) is 0 Å². The molecule has 2 aliphatic rings. The van der Waals surface area contributed by atoms with Crippen molar-refractivity contribution >= 4 is 23.2 Å². The van der Waals surface area contributed by atoms with E-state index in [9.17, 15) is 9.59 Å².